The third-order valence-corrected chi connectivity index (χ3v) is 4.08. The van der Waals surface area contributed by atoms with Crippen LogP contribution in [0.25, 0.3) is 0 Å². The number of aromatic amines is 1. The van der Waals surface area contributed by atoms with E-state index in [4.69, 9.17) is 12.2 Å². The summed E-state index contributed by atoms with van der Waals surface area (Å²) < 4.78 is 1.78. The third-order valence-electron chi connectivity index (χ3n) is 3.78. The summed E-state index contributed by atoms with van der Waals surface area (Å²) in [7, 11) is 0. The molecular weight excluding hydrogens is 310 g/mol. The number of nitrogens with zero attached hydrogens (tertiary/aromatic N) is 2. The summed E-state index contributed by atoms with van der Waals surface area (Å²) in [6.07, 6.45) is 2.99. The van der Waals surface area contributed by atoms with Gasteiger partial charge < -0.3 is 5.11 Å². The summed E-state index contributed by atoms with van der Waals surface area (Å²) in [5.41, 5.74) is 0.904. The minimum absolute atomic E-state index is 0.00387. The second-order valence-corrected chi connectivity index (χ2v) is 5.78. The molecule has 1 atom stereocenters. The van der Waals surface area contributed by atoms with Crippen LogP contribution in [0, 0.1) is 4.77 Å². The molecule has 0 aliphatic rings. The fourth-order valence-corrected chi connectivity index (χ4v) is 2.61. The van der Waals surface area contributed by atoms with Gasteiger partial charge in [-0.15, -0.1) is 0 Å². The molecule has 23 heavy (non-hydrogen) atoms. The van der Waals surface area contributed by atoms with E-state index in [1.54, 1.807) is 4.57 Å². The van der Waals surface area contributed by atoms with E-state index in [1.165, 1.54) is 11.8 Å². The molecule has 1 aromatic carbocycles. The summed E-state index contributed by atoms with van der Waals surface area (Å²) in [5.74, 6) is -0.128. The predicted molar refractivity (Wildman–Crippen MR) is 95.2 cm³/mol. The number of H-pyrrole nitrogens is 1. The van der Waals surface area contributed by atoms with Crippen molar-refractivity contribution in [3.63, 3.8) is 0 Å². The molecule has 0 saturated heterocycles. The highest BCUT2D eigenvalue weighted by Crippen LogP contribution is 2.20. The predicted octanol–water partition coefficient (Wildman–Crippen LogP) is 3.24. The van der Waals surface area contributed by atoms with Crippen molar-refractivity contribution < 1.29 is 5.11 Å². The smallest absolute Gasteiger partial charge is 0.264 e. The van der Waals surface area contributed by atoms with Crippen molar-refractivity contribution in [3.05, 3.63) is 56.6 Å². The molecule has 122 valence electrons. The molecule has 0 saturated carbocycles. The molecular formula is C17H21N3O2S. The lowest BCUT2D eigenvalue weighted by Crippen LogP contribution is -2.20. The number of hydrogen-bond acceptors (Lipinski definition) is 4. The first-order chi connectivity index (χ1) is 11.0. The number of hydrogen-bond donors (Lipinski definition) is 2. The normalized spacial score (nSPS) is 12.6. The molecule has 1 aromatic heterocycles. The fraction of sp³-hybridized carbons (Fsp3) is 0.353. The van der Waals surface area contributed by atoms with Gasteiger partial charge in [-0.2, -0.15) is 0 Å². The molecule has 5 nitrogen and oxygen atoms in total. The van der Waals surface area contributed by atoms with Crippen LogP contribution >= 0.6 is 12.2 Å². The van der Waals surface area contributed by atoms with Gasteiger partial charge in [0, 0.05) is 18.8 Å². The zero-order chi connectivity index (χ0) is 16.8. The van der Waals surface area contributed by atoms with E-state index >= 15 is 0 Å². The molecule has 0 aliphatic carbocycles. The SMILES string of the molecule is CCC(C)n1c(O)c(C=NCCc2ccccc2)c(=O)[nH]c1=S. The number of nitrogens with one attached hydrogen (secondary N) is 1. The zero-order valence-corrected chi connectivity index (χ0v) is 14.1. The zero-order valence-electron chi connectivity index (χ0n) is 13.3. The van der Waals surface area contributed by atoms with Crippen LogP contribution in [-0.2, 0) is 6.42 Å². The first-order valence-corrected chi connectivity index (χ1v) is 8.07. The highest BCUT2D eigenvalue weighted by molar-refractivity contribution is 7.71. The lowest BCUT2D eigenvalue weighted by molar-refractivity contribution is 0.371. The molecule has 0 amide bonds. The second-order valence-electron chi connectivity index (χ2n) is 5.39. The first-order valence-electron chi connectivity index (χ1n) is 7.66. The van der Waals surface area contributed by atoms with Gasteiger partial charge in [-0.05, 0) is 37.5 Å². The lowest BCUT2D eigenvalue weighted by Gasteiger charge is -2.16. The van der Waals surface area contributed by atoms with Crippen LogP contribution in [0.3, 0.4) is 0 Å². The van der Waals surface area contributed by atoms with Crippen LogP contribution in [0.4, 0.5) is 0 Å². The molecule has 2 rings (SSSR count). The maximum Gasteiger partial charge on any atom is 0.264 e. The largest absolute Gasteiger partial charge is 0.494 e. The van der Waals surface area contributed by atoms with E-state index in [-0.39, 0.29) is 22.3 Å². The summed E-state index contributed by atoms with van der Waals surface area (Å²) in [6, 6.07) is 9.98. The Morgan fingerprint density at radius 2 is 2.09 bits per heavy atom. The number of aliphatic imine (C=N–C) groups is 1. The molecule has 0 aliphatic heterocycles. The van der Waals surface area contributed by atoms with Crippen molar-refractivity contribution in [1.82, 2.24) is 9.55 Å². The Morgan fingerprint density at radius 3 is 2.74 bits per heavy atom. The second kappa shape index (κ2) is 7.87. The highest BCUT2D eigenvalue weighted by atomic mass is 32.1. The Bertz CT molecular complexity index is 794. The molecule has 0 fully saturated rings. The summed E-state index contributed by atoms with van der Waals surface area (Å²) in [5, 5.41) is 10.4. The van der Waals surface area contributed by atoms with Gasteiger partial charge in [0.25, 0.3) is 5.56 Å². The first kappa shape index (κ1) is 17.1. The van der Waals surface area contributed by atoms with Crippen molar-refractivity contribution in [2.75, 3.05) is 6.54 Å². The summed E-state index contributed by atoms with van der Waals surface area (Å²) in [4.78, 5) is 18.9. The maximum absolute atomic E-state index is 12.0. The molecule has 2 aromatic rings. The van der Waals surface area contributed by atoms with Crippen LogP contribution in [-0.4, -0.2) is 27.4 Å². The standard InChI is InChI=1S/C17H21N3O2S/c1-3-12(2)20-16(22)14(15(21)19-17(20)23)11-18-10-9-13-7-5-4-6-8-13/h4-8,11-12,22H,3,9-10H2,1-2H3,(H,19,21,23). The van der Waals surface area contributed by atoms with Gasteiger partial charge >= 0.3 is 0 Å². The van der Waals surface area contributed by atoms with E-state index in [1.807, 2.05) is 44.2 Å². The van der Waals surface area contributed by atoms with Gasteiger partial charge in [0.1, 0.15) is 5.56 Å². The van der Waals surface area contributed by atoms with Crippen molar-refractivity contribution in [1.29, 1.82) is 0 Å². The lowest BCUT2D eigenvalue weighted by atomic mass is 10.1. The van der Waals surface area contributed by atoms with Crippen LogP contribution in [0.2, 0.25) is 0 Å². The molecule has 0 spiro atoms. The Labute approximate surface area is 140 Å². The van der Waals surface area contributed by atoms with E-state index in [0.29, 0.717) is 6.54 Å². The number of aromatic nitrogens is 2. The van der Waals surface area contributed by atoms with Crippen molar-refractivity contribution in [2.45, 2.75) is 32.7 Å². The number of rotatable bonds is 6. The minimum Gasteiger partial charge on any atom is -0.494 e. The highest BCUT2D eigenvalue weighted by Gasteiger charge is 2.14. The van der Waals surface area contributed by atoms with Gasteiger partial charge in [0.15, 0.2) is 4.77 Å². The summed E-state index contributed by atoms with van der Waals surface area (Å²) >= 11 is 5.13. The Balaban J connectivity index is 2.21. The van der Waals surface area contributed by atoms with Crippen molar-refractivity contribution >= 4 is 18.4 Å². The number of aromatic hydroxyl groups is 1. The summed E-state index contributed by atoms with van der Waals surface area (Å²) in [6.45, 7) is 4.47. The van der Waals surface area contributed by atoms with Gasteiger partial charge in [-0.3, -0.25) is 19.3 Å². The average molecular weight is 331 g/mol. The topological polar surface area (TPSA) is 70.4 Å². The molecule has 6 heteroatoms. The van der Waals surface area contributed by atoms with Gasteiger partial charge in [-0.25, -0.2) is 0 Å². The van der Waals surface area contributed by atoms with Gasteiger partial charge in [0.05, 0.1) is 0 Å². The molecule has 0 bridgehead atoms. The van der Waals surface area contributed by atoms with Crippen LogP contribution in [0.1, 0.15) is 37.4 Å². The van der Waals surface area contributed by atoms with Crippen LogP contribution in [0.5, 0.6) is 5.88 Å². The van der Waals surface area contributed by atoms with Crippen molar-refractivity contribution in [2.24, 2.45) is 4.99 Å². The fourth-order valence-electron chi connectivity index (χ4n) is 2.25. The molecule has 1 unspecified atom stereocenters. The van der Waals surface area contributed by atoms with Crippen molar-refractivity contribution in [3.8, 4) is 5.88 Å². The monoisotopic (exact) mass is 331 g/mol. The average Bonchev–Trinajstić information content (AvgIpc) is 2.54. The van der Waals surface area contributed by atoms with E-state index in [0.717, 1.165) is 12.8 Å². The Morgan fingerprint density at radius 1 is 1.39 bits per heavy atom. The number of benzene rings is 1. The van der Waals surface area contributed by atoms with Gasteiger partial charge in [-0.1, -0.05) is 37.3 Å². The Kier molecular flexibility index (Phi) is 5.87. The van der Waals surface area contributed by atoms with E-state index in [9.17, 15) is 9.90 Å². The quantitative estimate of drug-likeness (QED) is 0.630. The molecule has 2 N–H and O–H groups in total. The third kappa shape index (κ3) is 4.16. The Hall–Kier alpha value is -2.21. The van der Waals surface area contributed by atoms with Crippen LogP contribution in [0.15, 0.2) is 40.1 Å². The van der Waals surface area contributed by atoms with E-state index < -0.39 is 5.56 Å². The van der Waals surface area contributed by atoms with E-state index in [2.05, 4.69) is 9.98 Å². The minimum atomic E-state index is -0.421. The maximum atomic E-state index is 12.0. The van der Waals surface area contributed by atoms with Crippen LogP contribution < -0.4 is 5.56 Å². The van der Waals surface area contributed by atoms with Gasteiger partial charge in [0.2, 0.25) is 5.88 Å². The molecule has 1 heterocycles. The molecule has 0 radical (unpaired) electrons.